The Morgan fingerprint density at radius 3 is 0.981 bits per heavy atom. The van der Waals surface area contributed by atoms with Crippen LogP contribution in [0.25, 0.3) is 0 Å². The van der Waals surface area contributed by atoms with E-state index in [9.17, 15) is 44.4 Å². The zero-order valence-corrected chi connectivity index (χ0v) is 34.9. The maximum atomic E-state index is 13.8. The molecule has 2 unspecified atom stereocenters. The van der Waals surface area contributed by atoms with Gasteiger partial charge in [0.25, 0.3) is 0 Å². The van der Waals surface area contributed by atoms with Crippen molar-refractivity contribution in [2.75, 3.05) is 13.2 Å². The van der Waals surface area contributed by atoms with E-state index in [1.54, 1.807) is 0 Å². The highest BCUT2D eigenvalue weighted by Crippen LogP contribution is 2.46. The Morgan fingerprint density at radius 1 is 0.491 bits per heavy atom. The van der Waals surface area contributed by atoms with Crippen LogP contribution in [0.2, 0.25) is 0 Å². The molecule has 0 aliphatic carbocycles. The highest BCUT2D eigenvalue weighted by molar-refractivity contribution is 7.52. The molecule has 0 spiro atoms. The fourth-order valence-electron chi connectivity index (χ4n) is 7.20. The first-order valence-corrected chi connectivity index (χ1v) is 23.6. The van der Waals surface area contributed by atoms with Gasteiger partial charge in [0.1, 0.15) is 12.2 Å². The Bertz CT molecular complexity index is 864. The van der Waals surface area contributed by atoms with Crippen LogP contribution in [0.4, 0.5) is 0 Å². The van der Waals surface area contributed by atoms with Crippen LogP contribution in [0.5, 0.6) is 0 Å². The van der Waals surface area contributed by atoms with Crippen LogP contribution < -0.4 is 0 Å². The first kappa shape index (κ1) is 52.3. The maximum absolute atomic E-state index is 13.8. The third-order valence-electron chi connectivity index (χ3n) is 10.6. The first-order valence-electron chi connectivity index (χ1n) is 21.9. The number of aliphatic hydroxyl groups is 4. The van der Waals surface area contributed by atoms with Gasteiger partial charge in [-0.1, -0.05) is 194 Å². The fraction of sp³-hybridized carbons (Fsp3) is 0.952. The van der Waals surface area contributed by atoms with Crippen molar-refractivity contribution in [1.29, 1.82) is 0 Å². The summed E-state index contributed by atoms with van der Waals surface area (Å²) in [5.74, 6) is -4.21. The van der Waals surface area contributed by atoms with E-state index in [0.717, 1.165) is 38.5 Å². The van der Waals surface area contributed by atoms with Gasteiger partial charge in [0, 0.05) is 12.8 Å². The van der Waals surface area contributed by atoms with Crippen molar-refractivity contribution in [3.63, 3.8) is 0 Å². The molecule has 0 saturated heterocycles. The number of hydrogen-bond donors (Lipinski definition) is 6. The van der Waals surface area contributed by atoms with Crippen molar-refractivity contribution in [3.05, 3.63) is 0 Å². The number of carbonyl (C=O) groups excluding carboxylic acids is 2. The van der Waals surface area contributed by atoms with Crippen molar-refractivity contribution < 1.29 is 49.1 Å². The monoisotopic (exact) mass is 779 g/mol. The Morgan fingerprint density at radius 2 is 0.755 bits per heavy atom. The van der Waals surface area contributed by atoms with Crippen molar-refractivity contribution in [1.82, 2.24) is 0 Å². The molecule has 6 N–H and O–H groups in total. The second-order valence-electron chi connectivity index (χ2n) is 15.5. The van der Waals surface area contributed by atoms with Gasteiger partial charge in [-0.2, -0.15) is 0 Å². The first-order chi connectivity index (χ1) is 25.5. The Labute approximate surface area is 323 Å². The molecule has 0 fully saturated rings. The summed E-state index contributed by atoms with van der Waals surface area (Å²) in [6.45, 7) is 2.28. The van der Waals surface area contributed by atoms with E-state index in [2.05, 4.69) is 13.8 Å². The molecule has 0 aliphatic heterocycles. The highest BCUT2D eigenvalue weighted by Gasteiger charge is 2.56. The predicted molar refractivity (Wildman–Crippen MR) is 215 cm³/mol. The normalized spacial score (nSPS) is 14.0. The summed E-state index contributed by atoms with van der Waals surface area (Å²) in [4.78, 5) is 47.4. The largest absolute Gasteiger partial charge is 0.394 e. The van der Waals surface area contributed by atoms with Gasteiger partial charge >= 0.3 is 7.60 Å². The second-order valence-corrected chi connectivity index (χ2v) is 17.2. The molecule has 0 radical (unpaired) electrons. The zero-order chi connectivity index (χ0) is 39.6. The van der Waals surface area contributed by atoms with Crippen LogP contribution in [0.15, 0.2) is 0 Å². The number of rotatable bonds is 41. The molecule has 0 heterocycles. The summed E-state index contributed by atoms with van der Waals surface area (Å²) in [5.41, 5.74) is -2.78. The lowest BCUT2D eigenvalue weighted by atomic mass is 9.82. The van der Waals surface area contributed by atoms with Gasteiger partial charge in [0.15, 0.2) is 17.4 Å². The smallest absolute Gasteiger partial charge is 0.356 e. The van der Waals surface area contributed by atoms with Gasteiger partial charge < -0.3 is 34.9 Å². The fourth-order valence-corrected chi connectivity index (χ4v) is 8.05. The minimum atomic E-state index is -5.33. The van der Waals surface area contributed by atoms with Gasteiger partial charge in [0.05, 0.1) is 13.2 Å². The summed E-state index contributed by atoms with van der Waals surface area (Å²) in [5, 5.41) is 40.6. The summed E-state index contributed by atoms with van der Waals surface area (Å²) < 4.78 is 17.8. The number of hydrogen-bond acceptors (Lipinski definition) is 8. The van der Waals surface area contributed by atoms with Crippen LogP contribution in [-0.2, 0) is 18.9 Å². The molecule has 3 atom stereocenters. The minimum absolute atomic E-state index is 0.205. The van der Waals surface area contributed by atoms with E-state index >= 15 is 0 Å². The molecule has 316 valence electrons. The molecular formula is C42H83O10P. The highest BCUT2D eigenvalue weighted by atomic mass is 31.2. The summed E-state index contributed by atoms with van der Waals surface area (Å²) in [7, 11) is -5.33. The molecule has 0 aromatic rings. The van der Waals surface area contributed by atoms with E-state index in [1.807, 2.05) is 0 Å². The van der Waals surface area contributed by atoms with Crippen LogP contribution in [-0.4, -0.2) is 78.6 Å². The SMILES string of the molecule is CCCCCCCCCCCCCCCCCC(=O)C(OC(C(O)CO)P(=O)(O)O)(C(=O)CCCCCCCCCCCCCCCCC)[C@@H](O)CO. The average Bonchev–Trinajstić information content (AvgIpc) is 3.14. The molecule has 0 amide bonds. The lowest BCUT2D eigenvalue weighted by molar-refractivity contribution is -0.190. The molecule has 0 rings (SSSR count). The Kier molecular flexibility index (Phi) is 34.1. The lowest BCUT2D eigenvalue weighted by Crippen LogP contribution is -2.61. The minimum Gasteiger partial charge on any atom is -0.394 e. The second kappa shape index (κ2) is 34.5. The van der Waals surface area contributed by atoms with Crippen LogP contribution >= 0.6 is 7.60 Å². The van der Waals surface area contributed by atoms with E-state index in [4.69, 9.17) is 4.74 Å². The number of Topliss-reactive ketones (excluding diaryl/α,β-unsaturated/α-hetero) is 2. The zero-order valence-electron chi connectivity index (χ0n) is 34.0. The third kappa shape index (κ3) is 25.2. The standard InChI is InChI=1S/C42H83O10P/c1-3-5-7-9-11-13-15-17-19-21-23-25-27-29-31-33-38(46)42(40(48)36-44,52-41(37(45)35-43)53(49,50)51)39(47)34-32-30-28-26-24-22-20-18-16-14-12-10-8-6-4-2/h37,40-41,43-45,48H,3-36H2,1-2H3,(H2,49,50,51)/t37?,40-,41?/m0/s1. The molecule has 0 aliphatic rings. The van der Waals surface area contributed by atoms with Gasteiger partial charge in [-0.25, -0.2) is 0 Å². The topological polar surface area (TPSA) is 182 Å². The molecule has 0 aromatic carbocycles. The van der Waals surface area contributed by atoms with Crippen molar-refractivity contribution in [2.45, 2.75) is 243 Å². The number of aliphatic hydroxyl groups excluding tert-OH is 4. The van der Waals surface area contributed by atoms with Crippen LogP contribution in [0, 0.1) is 0 Å². The van der Waals surface area contributed by atoms with Crippen molar-refractivity contribution in [3.8, 4) is 0 Å². The molecule has 10 nitrogen and oxygen atoms in total. The van der Waals surface area contributed by atoms with Crippen molar-refractivity contribution >= 4 is 19.2 Å². The van der Waals surface area contributed by atoms with Crippen LogP contribution in [0.3, 0.4) is 0 Å². The van der Waals surface area contributed by atoms with E-state index in [1.165, 1.54) is 128 Å². The van der Waals surface area contributed by atoms with Gasteiger partial charge in [-0.15, -0.1) is 0 Å². The number of carbonyl (C=O) groups is 2. The van der Waals surface area contributed by atoms with Crippen LogP contribution in [0.1, 0.15) is 219 Å². The summed E-state index contributed by atoms with van der Waals surface area (Å²) >= 11 is 0. The average molecular weight is 779 g/mol. The predicted octanol–water partition coefficient (Wildman–Crippen LogP) is 9.61. The molecular weight excluding hydrogens is 695 g/mol. The van der Waals surface area contributed by atoms with Gasteiger partial charge in [-0.05, 0) is 12.8 Å². The third-order valence-corrected chi connectivity index (χ3v) is 11.8. The van der Waals surface area contributed by atoms with Crippen molar-refractivity contribution in [2.24, 2.45) is 0 Å². The molecule has 0 aromatic heterocycles. The van der Waals surface area contributed by atoms with Gasteiger partial charge in [-0.3, -0.25) is 14.2 Å². The Balaban J connectivity index is 4.94. The van der Waals surface area contributed by atoms with Gasteiger partial charge in [0.2, 0.25) is 5.60 Å². The quantitative estimate of drug-likeness (QED) is 0.0199. The number of ketones is 2. The lowest BCUT2D eigenvalue weighted by Gasteiger charge is -2.38. The summed E-state index contributed by atoms with van der Waals surface area (Å²) in [6.07, 6.45) is 29.1. The molecule has 0 bridgehead atoms. The Hall–Kier alpha value is -0.710. The maximum Gasteiger partial charge on any atom is 0.356 e. The number of unbranched alkanes of at least 4 members (excludes halogenated alkanes) is 28. The molecule has 0 saturated carbocycles. The van der Waals surface area contributed by atoms with E-state index in [-0.39, 0.29) is 12.8 Å². The molecule has 53 heavy (non-hydrogen) atoms. The number of ether oxygens (including phenoxy) is 1. The van der Waals surface area contributed by atoms with E-state index < -0.39 is 56.0 Å². The summed E-state index contributed by atoms with van der Waals surface area (Å²) in [6, 6.07) is 0. The van der Waals surface area contributed by atoms with E-state index in [0.29, 0.717) is 25.7 Å². The molecule has 11 heteroatoms.